The summed E-state index contributed by atoms with van der Waals surface area (Å²) in [6.45, 7) is 7.87. The molecule has 0 radical (unpaired) electrons. The molecule has 0 spiro atoms. The highest BCUT2D eigenvalue weighted by molar-refractivity contribution is 7.52. The molecule has 0 aromatic heterocycles. The van der Waals surface area contributed by atoms with Gasteiger partial charge in [0.05, 0.1) is 24.9 Å². The number of carbonyl (C=O) groups excluding carboxylic acids is 1. The van der Waals surface area contributed by atoms with Crippen LogP contribution in [0, 0.1) is 6.92 Å². The van der Waals surface area contributed by atoms with E-state index in [2.05, 4.69) is 5.09 Å². The number of esters is 1. The van der Waals surface area contributed by atoms with Gasteiger partial charge in [0.25, 0.3) is 0 Å². The Hall–Kier alpha value is -2.22. The number of nitrogens with two attached hydrogens (primary N) is 1. The predicted molar refractivity (Wildman–Crippen MR) is 133 cm³/mol. The molecule has 34 heavy (non-hydrogen) atoms. The van der Waals surface area contributed by atoms with Crippen molar-refractivity contribution in [2.24, 2.45) is 5.73 Å². The molecule has 2 aromatic rings. The minimum atomic E-state index is -4.11. The zero-order valence-electron chi connectivity index (χ0n) is 20.6. The summed E-state index contributed by atoms with van der Waals surface area (Å²) in [5.41, 5.74) is 6.05. The Morgan fingerprint density at radius 3 is 2.29 bits per heavy atom. The largest absolute Gasteiger partial charge is 0.462 e. The number of para-hydroxylation sites is 1. The monoisotopic (exact) mass is 492 g/mol. The number of carbonyl (C=O) groups is 1. The highest BCUT2D eigenvalue weighted by Gasteiger charge is 2.42. The van der Waals surface area contributed by atoms with Crippen LogP contribution in [0.3, 0.4) is 0 Å². The fraction of sp³-hybridized carbons (Fsp3) is 0.480. The predicted octanol–water partition coefficient (Wildman–Crippen LogP) is 4.14. The summed E-state index contributed by atoms with van der Waals surface area (Å²) in [4.78, 5) is 12.6. The van der Waals surface area contributed by atoms with Gasteiger partial charge in [-0.3, -0.25) is 9.32 Å². The second kappa shape index (κ2) is 12.0. The quantitative estimate of drug-likeness (QED) is 0.282. The number of aliphatic hydroxyl groups is 1. The molecule has 0 bridgehead atoms. The lowest BCUT2D eigenvalue weighted by atomic mass is 9.94. The molecular formula is C25H37N2O6P. The molecule has 4 N–H and O–H groups in total. The van der Waals surface area contributed by atoms with Crippen molar-refractivity contribution in [3.8, 4) is 5.75 Å². The van der Waals surface area contributed by atoms with Crippen molar-refractivity contribution in [1.29, 1.82) is 0 Å². The van der Waals surface area contributed by atoms with E-state index in [0.717, 1.165) is 11.1 Å². The Balaban J connectivity index is 2.18. The van der Waals surface area contributed by atoms with E-state index >= 15 is 0 Å². The van der Waals surface area contributed by atoms with E-state index in [4.69, 9.17) is 19.5 Å². The number of aryl methyl sites for hydroxylation is 2. The molecule has 0 fully saturated rings. The third-order valence-electron chi connectivity index (χ3n) is 5.11. The van der Waals surface area contributed by atoms with Gasteiger partial charge in [-0.1, -0.05) is 48.0 Å². The van der Waals surface area contributed by atoms with E-state index < -0.39 is 24.8 Å². The maximum Gasteiger partial charge on any atom is 0.459 e. The lowest BCUT2D eigenvalue weighted by molar-refractivity contribution is -0.153. The van der Waals surface area contributed by atoms with Gasteiger partial charge in [0.15, 0.2) is 0 Å². The average molecular weight is 493 g/mol. The maximum atomic E-state index is 13.8. The van der Waals surface area contributed by atoms with Gasteiger partial charge in [0, 0.05) is 0 Å². The van der Waals surface area contributed by atoms with Gasteiger partial charge in [0.1, 0.15) is 11.3 Å². The zero-order chi connectivity index (χ0) is 25.4. The molecular weight excluding hydrogens is 455 g/mol. The first-order valence-electron chi connectivity index (χ1n) is 11.3. The fourth-order valence-corrected chi connectivity index (χ4v) is 4.77. The molecule has 0 saturated carbocycles. The molecule has 0 heterocycles. The first-order chi connectivity index (χ1) is 15.9. The van der Waals surface area contributed by atoms with Crippen LogP contribution in [-0.2, 0) is 25.0 Å². The SMILES string of the molecule is Cc1ccc(CCC(N)(CO)COP(=O)(NC(C)(C)C(=O)OC(C)C)Oc2ccccc2)cc1. The normalized spacial score (nSPS) is 15.4. The van der Waals surface area contributed by atoms with Crippen molar-refractivity contribution >= 4 is 13.7 Å². The van der Waals surface area contributed by atoms with Crippen LogP contribution in [0.4, 0.5) is 0 Å². The molecule has 0 aliphatic heterocycles. The molecule has 2 unspecified atom stereocenters. The van der Waals surface area contributed by atoms with Crippen LogP contribution in [0.25, 0.3) is 0 Å². The van der Waals surface area contributed by atoms with Crippen LogP contribution in [-0.4, -0.2) is 41.5 Å². The Labute approximate surface area is 202 Å². The Morgan fingerprint density at radius 1 is 1.12 bits per heavy atom. The first kappa shape index (κ1) is 28.0. The highest BCUT2D eigenvalue weighted by atomic mass is 31.2. The summed E-state index contributed by atoms with van der Waals surface area (Å²) in [7, 11) is -4.11. The second-order valence-corrected chi connectivity index (χ2v) is 11.0. The molecule has 2 atom stereocenters. The lowest BCUT2D eigenvalue weighted by Gasteiger charge is -2.33. The molecule has 9 heteroatoms. The van der Waals surface area contributed by atoms with Crippen LogP contribution >= 0.6 is 7.75 Å². The number of hydrogen-bond donors (Lipinski definition) is 3. The van der Waals surface area contributed by atoms with Gasteiger partial charge in [-0.2, -0.15) is 5.09 Å². The summed E-state index contributed by atoms with van der Waals surface area (Å²) >= 11 is 0. The number of ether oxygens (including phenoxy) is 1. The van der Waals surface area contributed by atoms with Gasteiger partial charge in [-0.05, 0) is 65.2 Å². The Bertz CT molecular complexity index is 965. The van der Waals surface area contributed by atoms with Crippen LogP contribution in [0.5, 0.6) is 5.75 Å². The molecule has 0 aliphatic carbocycles. The van der Waals surface area contributed by atoms with Crippen LogP contribution in [0.15, 0.2) is 54.6 Å². The van der Waals surface area contributed by atoms with Crippen molar-refractivity contribution < 1.29 is 28.3 Å². The topological polar surface area (TPSA) is 120 Å². The molecule has 188 valence electrons. The van der Waals surface area contributed by atoms with Crippen LogP contribution < -0.4 is 15.3 Å². The minimum absolute atomic E-state index is 0.262. The summed E-state index contributed by atoms with van der Waals surface area (Å²) < 4.78 is 30.4. The van der Waals surface area contributed by atoms with E-state index in [-0.39, 0.29) is 25.1 Å². The second-order valence-electron chi connectivity index (χ2n) is 9.37. The van der Waals surface area contributed by atoms with Crippen molar-refractivity contribution in [2.45, 2.75) is 64.6 Å². The van der Waals surface area contributed by atoms with Gasteiger partial charge in [-0.25, -0.2) is 4.57 Å². The molecule has 2 rings (SSSR count). The Kier molecular flexibility index (Phi) is 9.85. The highest BCUT2D eigenvalue weighted by Crippen LogP contribution is 2.47. The van der Waals surface area contributed by atoms with Crippen molar-refractivity contribution in [3.63, 3.8) is 0 Å². The number of rotatable bonds is 13. The number of benzene rings is 2. The molecule has 0 amide bonds. The molecule has 8 nitrogen and oxygen atoms in total. The lowest BCUT2D eigenvalue weighted by Crippen LogP contribution is -2.51. The molecule has 0 aliphatic rings. The van der Waals surface area contributed by atoms with Gasteiger partial charge in [0.2, 0.25) is 0 Å². The van der Waals surface area contributed by atoms with Gasteiger partial charge < -0.3 is 20.1 Å². The molecule has 0 saturated heterocycles. The number of hydrogen-bond acceptors (Lipinski definition) is 7. The van der Waals surface area contributed by atoms with Crippen molar-refractivity contribution in [3.05, 3.63) is 65.7 Å². The summed E-state index contributed by atoms with van der Waals surface area (Å²) in [5.74, 6) is -0.318. The van der Waals surface area contributed by atoms with E-state index in [1.165, 1.54) is 13.8 Å². The van der Waals surface area contributed by atoms with E-state index in [1.54, 1.807) is 44.2 Å². The van der Waals surface area contributed by atoms with Gasteiger partial charge in [-0.15, -0.1) is 0 Å². The maximum absolute atomic E-state index is 13.8. The standard InChI is InChI=1S/C25H37N2O6P/c1-19(2)32-23(29)24(4,5)27-34(30,33-22-9-7-6-8-10-22)31-18-25(26,17-28)16-15-21-13-11-20(3)12-14-21/h6-14,19,28H,15-18,26H2,1-5H3,(H,27,30). The summed E-state index contributed by atoms with van der Waals surface area (Å²) in [6.07, 6.45) is 0.637. The third kappa shape index (κ3) is 8.85. The minimum Gasteiger partial charge on any atom is -0.462 e. The van der Waals surface area contributed by atoms with E-state index in [1.807, 2.05) is 31.2 Å². The summed E-state index contributed by atoms with van der Waals surface area (Å²) in [6, 6.07) is 16.5. The van der Waals surface area contributed by atoms with Crippen LogP contribution in [0.2, 0.25) is 0 Å². The van der Waals surface area contributed by atoms with Crippen LogP contribution in [0.1, 0.15) is 45.2 Å². The fourth-order valence-electron chi connectivity index (χ4n) is 3.01. The van der Waals surface area contributed by atoms with Crippen molar-refractivity contribution in [1.82, 2.24) is 5.09 Å². The third-order valence-corrected chi connectivity index (χ3v) is 6.86. The van der Waals surface area contributed by atoms with E-state index in [0.29, 0.717) is 12.8 Å². The van der Waals surface area contributed by atoms with Gasteiger partial charge >= 0.3 is 13.7 Å². The molecule has 2 aromatic carbocycles. The number of aliphatic hydroxyl groups excluding tert-OH is 1. The van der Waals surface area contributed by atoms with E-state index in [9.17, 15) is 14.5 Å². The number of nitrogens with one attached hydrogen (secondary N) is 1. The smallest absolute Gasteiger partial charge is 0.459 e. The average Bonchev–Trinajstić information content (AvgIpc) is 2.77. The summed E-state index contributed by atoms with van der Waals surface area (Å²) in [5, 5.41) is 12.7. The Morgan fingerprint density at radius 2 is 1.74 bits per heavy atom. The van der Waals surface area contributed by atoms with Crippen molar-refractivity contribution in [2.75, 3.05) is 13.2 Å². The zero-order valence-corrected chi connectivity index (χ0v) is 21.5. The first-order valence-corrected chi connectivity index (χ1v) is 12.9.